The number of hydrogen-bond acceptors (Lipinski definition) is 5. The molecule has 0 aliphatic heterocycles. The molecule has 1 fully saturated rings. The number of anilines is 2. The molecule has 0 spiro atoms. The van der Waals surface area contributed by atoms with E-state index in [1.54, 1.807) is 0 Å². The lowest BCUT2D eigenvalue weighted by Gasteiger charge is -2.29. The van der Waals surface area contributed by atoms with Crippen molar-refractivity contribution in [2.45, 2.75) is 51.6 Å². The highest BCUT2D eigenvalue weighted by Crippen LogP contribution is 2.31. The van der Waals surface area contributed by atoms with Crippen LogP contribution in [-0.4, -0.2) is 40.8 Å². The summed E-state index contributed by atoms with van der Waals surface area (Å²) < 4.78 is 0. The van der Waals surface area contributed by atoms with Gasteiger partial charge in [-0.2, -0.15) is 0 Å². The van der Waals surface area contributed by atoms with Crippen LogP contribution in [0.25, 0.3) is 0 Å². The Balaban J connectivity index is 2.15. The molecule has 0 unspecified atom stereocenters. The van der Waals surface area contributed by atoms with Crippen molar-refractivity contribution < 1.29 is 5.11 Å². The van der Waals surface area contributed by atoms with E-state index >= 15 is 0 Å². The number of rotatable bonds is 6. The van der Waals surface area contributed by atoms with Crippen LogP contribution in [0.4, 0.5) is 11.6 Å². The molecule has 1 heterocycles. The van der Waals surface area contributed by atoms with E-state index in [0.717, 1.165) is 56.1 Å². The Labute approximate surface area is 121 Å². The fourth-order valence-corrected chi connectivity index (χ4v) is 2.82. The quantitative estimate of drug-likeness (QED) is 0.835. The van der Waals surface area contributed by atoms with Crippen LogP contribution in [-0.2, 0) is 6.42 Å². The summed E-state index contributed by atoms with van der Waals surface area (Å²) in [7, 11) is 1.99. The third kappa shape index (κ3) is 3.60. The van der Waals surface area contributed by atoms with E-state index in [9.17, 15) is 5.11 Å². The maximum absolute atomic E-state index is 10.5. The molecule has 20 heavy (non-hydrogen) atoms. The molecular formula is C15H26N4O. The minimum Gasteiger partial charge on any atom is -0.388 e. The summed E-state index contributed by atoms with van der Waals surface area (Å²) in [4.78, 5) is 11.1. The zero-order valence-corrected chi connectivity index (χ0v) is 12.8. The van der Waals surface area contributed by atoms with Crippen molar-refractivity contribution in [2.24, 2.45) is 0 Å². The number of likely N-dealkylation sites (N-methyl/N-ethyl adjacent to an activating group) is 1. The van der Waals surface area contributed by atoms with Gasteiger partial charge in [0.25, 0.3) is 0 Å². The maximum Gasteiger partial charge on any atom is 0.134 e. The summed E-state index contributed by atoms with van der Waals surface area (Å²) in [5.74, 6) is 2.58. The van der Waals surface area contributed by atoms with Crippen LogP contribution in [0.5, 0.6) is 0 Å². The molecule has 0 aromatic carbocycles. The molecule has 1 aromatic rings. The lowest BCUT2D eigenvalue weighted by Crippen LogP contribution is -2.39. The Morgan fingerprint density at radius 1 is 1.30 bits per heavy atom. The lowest BCUT2D eigenvalue weighted by molar-refractivity contribution is 0.0558. The Morgan fingerprint density at radius 2 is 2.00 bits per heavy atom. The molecule has 2 N–H and O–H groups in total. The molecule has 0 radical (unpaired) electrons. The smallest absolute Gasteiger partial charge is 0.134 e. The maximum atomic E-state index is 10.5. The van der Waals surface area contributed by atoms with Gasteiger partial charge in [-0.3, -0.25) is 0 Å². The molecule has 1 aromatic heterocycles. The third-order valence-electron chi connectivity index (χ3n) is 3.89. The topological polar surface area (TPSA) is 61.3 Å². The van der Waals surface area contributed by atoms with Gasteiger partial charge in [-0.05, 0) is 19.8 Å². The number of nitrogens with zero attached hydrogens (tertiary/aromatic N) is 3. The second kappa shape index (κ2) is 6.39. The van der Waals surface area contributed by atoms with Crippen molar-refractivity contribution in [3.8, 4) is 0 Å². The van der Waals surface area contributed by atoms with Gasteiger partial charge in [0.1, 0.15) is 17.5 Å². The number of hydrogen-bond donors (Lipinski definition) is 2. The highest BCUT2D eigenvalue weighted by atomic mass is 16.3. The number of aliphatic hydroxyl groups is 1. The van der Waals surface area contributed by atoms with Gasteiger partial charge < -0.3 is 15.3 Å². The molecule has 1 aliphatic carbocycles. The van der Waals surface area contributed by atoms with Crippen LogP contribution in [0.3, 0.4) is 0 Å². The number of aryl methyl sites for hydroxylation is 1. The summed E-state index contributed by atoms with van der Waals surface area (Å²) in [6.07, 6.45) is 4.84. The fraction of sp³-hybridized carbons (Fsp3) is 0.733. The number of aromatic nitrogens is 2. The molecule has 1 aliphatic rings. The van der Waals surface area contributed by atoms with Gasteiger partial charge in [0.15, 0.2) is 0 Å². The summed E-state index contributed by atoms with van der Waals surface area (Å²) in [5, 5.41) is 13.8. The minimum absolute atomic E-state index is 0.551. The second-order valence-corrected chi connectivity index (χ2v) is 5.70. The molecule has 0 atom stereocenters. The summed E-state index contributed by atoms with van der Waals surface area (Å²) in [5.41, 5.74) is -0.551. The number of nitrogens with one attached hydrogen (secondary N) is 1. The van der Waals surface area contributed by atoms with Crippen LogP contribution in [0.2, 0.25) is 0 Å². The SMILES string of the molecule is CCNc1cc(N(C)CC2(O)CCCC2)nc(CC)n1. The van der Waals surface area contributed by atoms with E-state index in [2.05, 4.69) is 29.1 Å². The molecule has 0 amide bonds. The van der Waals surface area contributed by atoms with Crippen molar-refractivity contribution in [3.63, 3.8) is 0 Å². The van der Waals surface area contributed by atoms with E-state index in [-0.39, 0.29) is 0 Å². The predicted molar refractivity (Wildman–Crippen MR) is 82.3 cm³/mol. The minimum atomic E-state index is -0.551. The standard InChI is InChI=1S/C15H26N4O/c1-4-12-17-13(16-5-2)10-14(18-12)19(3)11-15(20)8-6-7-9-15/h10,20H,4-9,11H2,1-3H3,(H,16,17,18). The Morgan fingerprint density at radius 3 is 2.60 bits per heavy atom. The van der Waals surface area contributed by atoms with Crippen molar-refractivity contribution in [2.75, 3.05) is 30.4 Å². The van der Waals surface area contributed by atoms with Crippen LogP contribution >= 0.6 is 0 Å². The van der Waals surface area contributed by atoms with Gasteiger partial charge >= 0.3 is 0 Å². The van der Waals surface area contributed by atoms with Gasteiger partial charge in [-0.25, -0.2) is 9.97 Å². The van der Waals surface area contributed by atoms with Crippen molar-refractivity contribution in [1.29, 1.82) is 0 Å². The van der Waals surface area contributed by atoms with Crippen molar-refractivity contribution in [1.82, 2.24) is 9.97 Å². The van der Waals surface area contributed by atoms with Gasteiger partial charge in [0.05, 0.1) is 5.60 Å². The van der Waals surface area contributed by atoms with Gasteiger partial charge in [-0.1, -0.05) is 19.8 Å². The Bertz CT molecular complexity index is 443. The first-order valence-electron chi connectivity index (χ1n) is 7.61. The summed E-state index contributed by atoms with van der Waals surface area (Å²) in [6.45, 7) is 5.59. The first kappa shape index (κ1) is 15.0. The van der Waals surface area contributed by atoms with Crippen LogP contribution < -0.4 is 10.2 Å². The second-order valence-electron chi connectivity index (χ2n) is 5.70. The normalized spacial score (nSPS) is 17.2. The molecule has 5 nitrogen and oxygen atoms in total. The summed E-state index contributed by atoms with van der Waals surface area (Å²) in [6, 6.07) is 1.96. The molecule has 1 saturated carbocycles. The largest absolute Gasteiger partial charge is 0.388 e. The van der Waals surface area contributed by atoms with E-state index in [4.69, 9.17) is 0 Å². The van der Waals surface area contributed by atoms with Gasteiger partial charge in [0, 0.05) is 32.6 Å². The Hall–Kier alpha value is -1.36. The van der Waals surface area contributed by atoms with Crippen LogP contribution in [0, 0.1) is 0 Å². The fourth-order valence-electron chi connectivity index (χ4n) is 2.82. The first-order chi connectivity index (χ1) is 9.56. The van der Waals surface area contributed by atoms with E-state index in [1.807, 2.05) is 18.0 Å². The average molecular weight is 278 g/mol. The highest BCUT2D eigenvalue weighted by molar-refractivity contribution is 5.49. The Kier molecular flexibility index (Phi) is 4.81. The molecule has 5 heteroatoms. The third-order valence-corrected chi connectivity index (χ3v) is 3.89. The first-order valence-corrected chi connectivity index (χ1v) is 7.61. The monoisotopic (exact) mass is 278 g/mol. The zero-order chi connectivity index (χ0) is 14.6. The average Bonchev–Trinajstić information content (AvgIpc) is 2.85. The van der Waals surface area contributed by atoms with E-state index in [1.165, 1.54) is 0 Å². The van der Waals surface area contributed by atoms with Crippen molar-refractivity contribution in [3.05, 3.63) is 11.9 Å². The van der Waals surface area contributed by atoms with Crippen LogP contribution in [0.15, 0.2) is 6.07 Å². The molecule has 112 valence electrons. The van der Waals surface area contributed by atoms with E-state index in [0.29, 0.717) is 6.54 Å². The predicted octanol–water partition coefficient (Wildman–Crippen LogP) is 2.21. The molecule has 2 rings (SSSR count). The van der Waals surface area contributed by atoms with E-state index < -0.39 is 5.60 Å². The van der Waals surface area contributed by atoms with Crippen LogP contribution in [0.1, 0.15) is 45.4 Å². The highest BCUT2D eigenvalue weighted by Gasteiger charge is 2.32. The van der Waals surface area contributed by atoms with Gasteiger partial charge in [-0.15, -0.1) is 0 Å². The molecule has 0 saturated heterocycles. The zero-order valence-electron chi connectivity index (χ0n) is 12.8. The lowest BCUT2D eigenvalue weighted by atomic mass is 10.0. The molecule has 0 bridgehead atoms. The molecular weight excluding hydrogens is 252 g/mol. The van der Waals surface area contributed by atoms with Crippen molar-refractivity contribution >= 4 is 11.6 Å². The van der Waals surface area contributed by atoms with Gasteiger partial charge in [0.2, 0.25) is 0 Å². The summed E-state index contributed by atoms with van der Waals surface area (Å²) >= 11 is 0.